The van der Waals surface area contributed by atoms with E-state index in [-0.39, 0.29) is 58.2 Å². The van der Waals surface area contributed by atoms with E-state index in [9.17, 15) is 14.4 Å². The minimum Gasteiger partial charge on any atom is -0.479 e. The highest BCUT2D eigenvalue weighted by molar-refractivity contribution is 7.09. The van der Waals surface area contributed by atoms with E-state index in [0.717, 1.165) is 66.7 Å². The summed E-state index contributed by atoms with van der Waals surface area (Å²) in [6, 6.07) is 0. The molecule has 2 aromatic heterocycles. The third kappa shape index (κ3) is 5.33. The SMILES string of the molecule is COC(=O)[C@]1(C)CC[C@]2(C)CC[C@]3(C)C4=CC=C5C(=CC(=O)C(OCC(=O)NCc6cn(Cc7nccs7)nn6)=C5C)[C@]4(C)CC[C@@]3(C)[C@@H]2C1. The van der Waals surface area contributed by atoms with Gasteiger partial charge in [-0.25, -0.2) is 9.67 Å². The Morgan fingerprint density at radius 3 is 2.58 bits per heavy atom. The van der Waals surface area contributed by atoms with Gasteiger partial charge in [-0.3, -0.25) is 14.4 Å². The highest BCUT2D eigenvalue weighted by Crippen LogP contribution is 2.75. The summed E-state index contributed by atoms with van der Waals surface area (Å²) in [6.07, 6.45) is 16.6. The maximum atomic E-state index is 13.7. The Bertz CT molecular complexity index is 1870. The third-order valence-corrected chi connectivity index (χ3v) is 14.5. The van der Waals surface area contributed by atoms with Gasteiger partial charge < -0.3 is 14.8 Å². The average Bonchev–Trinajstić information content (AvgIpc) is 3.78. The van der Waals surface area contributed by atoms with Crippen molar-refractivity contribution < 1.29 is 23.9 Å². The number of rotatable bonds is 8. The number of nitrogens with zero attached hydrogens (tertiary/aromatic N) is 4. The van der Waals surface area contributed by atoms with Gasteiger partial charge >= 0.3 is 5.97 Å². The molecule has 0 aliphatic heterocycles. The molecule has 3 saturated carbocycles. The van der Waals surface area contributed by atoms with E-state index in [0.29, 0.717) is 18.2 Å². The normalized spacial score (nSPS) is 34.7. The maximum absolute atomic E-state index is 13.7. The van der Waals surface area contributed by atoms with E-state index in [4.69, 9.17) is 9.47 Å². The van der Waals surface area contributed by atoms with Gasteiger partial charge in [0, 0.05) is 22.6 Å². The van der Waals surface area contributed by atoms with Gasteiger partial charge in [0.2, 0.25) is 5.78 Å². The first-order valence-corrected chi connectivity index (χ1v) is 18.7. The van der Waals surface area contributed by atoms with Crippen LogP contribution in [-0.2, 0) is 36.9 Å². The lowest BCUT2D eigenvalue weighted by molar-refractivity contribution is -0.180. The van der Waals surface area contributed by atoms with Crippen LogP contribution in [0.3, 0.4) is 0 Å². The van der Waals surface area contributed by atoms with Crippen molar-refractivity contribution >= 4 is 29.0 Å². The van der Waals surface area contributed by atoms with Crippen LogP contribution in [0.1, 0.15) is 97.2 Å². The number of ether oxygens (including phenoxy) is 2. The summed E-state index contributed by atoms with van der Waals surface area (Å²) in [6.45, 7) is 14.2. The van der Waals surface area contributed by atoms with E-state index < -0.39 is 5.41 Å². The van der Waals surface area contributed by atoms with Gasteiger partial charge in [-0.05, 0) is 98.2 Å². The van der Waals surface area contributed by atoms with Gasteiger partial charge in [0.25, 0.3) is 5.91 Å². The Balaban J connectivity index is 1.08. The van der Waals surface area contributed by atoms with Crippen LogP contribution in [0, 0.1) is 33.0 Å². The van der Waals surface area contributed by atoms with Crippen molar-refractivity contribution in [2.24, 2.45) is 33.0 Å². The zero-order valence-corrected chi connectivity index (χ0v) is 31.2. The summed E-state index contributed by atoms with van der Waals surface area (Å²) < 4.78 is 12.9. The minimum absolute atomic E-state index is 0.00632. The molecule has 0 spiro atoms. The van der Waals surface area contributed by atoms with Crippen LogP contribution in [0.5, 0.6) is 0 Å². The number of carbonyl (C=O) groups excluding carboxylic acids is 3. The van der Waals surface area contributed by atoms with Gasteiger partial charge in [-0.1, -0.05) is 50.6 Å². The van der Waals surface area contributed by atoms with Crippen molar-refractivity contribution in [1.29, 1.82) is 0 Å². The summed E-state index contributed by atoms with van der Waals surface area (Å²) in [4.78, 5) is 43.8. The molecule has 0 aromatic carbocycles. The number of ketones is 1. The lowest BCUT2D eigenvalue weighted by Gasteiger charge is -2.70. The minimum atomic E-state index is -0.468. The molecule has 0 saturated heterocycles. The molecule has 6 atom stereocenters. The molecule has 0 unspecified atom stereocenters. The Morgan fingerprint density at radius 1 is 1.06 bits per heavy atom. The fraction of sp³-hybridized carbons (Fsp3) is 0.590. The molecule has 2 heterocycles. The first-order chi connectivity index (χ1) is 23.7. The molecule has 5 aliphatic carbocycles. The number of nitrogens with one attached hydrogen (secondary N) is 1. The fourth-order valence-corrected chi connectivity index (χ4v) is 11.0. The van der Waals surface area contributed by atoms with Gasteiger partial charge in [-0.2, -0.15) is 0 Å². The Hall–Kier alpha value is -3.86. The molecule has 5 aliphatic rings. The number of aromatic nitrogens is 4. The van der Waals surface area contributed by atoms with E-state index in [1.54, 1.807) is 34.5 Å². The largest absolute Gasteiger partial charge is 0.479 e. The predicted octanol–water partition coefficient (Wildman–Crippen LogP) is 6.66. The second-order valence-corrected chi connectivity index (χ2v) is 17.5. The summed E-state index contributed by atoms with van der Waals surface area (Å²) in [5.41, 5.74) is 4.15. The Kier molecular flexibility index (Phi) is 8.39. The van der Waals surface area contributed by atoms with Crippen LogP contribution in [0.2, 0.25) is 0 Å². The van der Waals surface area contributed by atoms with E-state index in [1.807, 2.05) is 12.3 Å². The highest BCUT2D eigenvalue weighted by atomic mass is 32.1. The predicted molar refractivity (Wildman–Crippen MR) is 189 cm³/mol. The van der Waals surface area contributed by atoms with Crippen LogP contribution in [-0.4, -0.2) is 51.4 Å². The molecule has 7 rings (SSSR count). The van der Waals surface area contributed by atoms with E-state index in [1.165, 1.54) is 12.7 Å². The van der Waals surface area contributed by atoms with Crippen LogP contribution in [0.15, 0.2) is 64.1 Å². The number of amides is 1. The molecule has 1 N–H and O–H groups in total. The number of methoxy groups -OCH3 is 1. The quantitative estimate of drug-likeness (QED) is 0.304. The third-order valence-electron chi connectivity index (χ3n) is 13.7. The van der Waals surface area contributed by atoms with Crippen LogP contribution in [0.25, 0.3) is 0 Å². The smallest absolute Gasteiger partial charge is 0.311 e. The van der Waals surface area contributed by atoms with E-state index >= 15 is 0 Å². The van der Waals surface area contributed by atoms with Crippen molar-refractivity contribution in [3.8, 4) is 0 Å². The molecular formula is C39H49N5O5S. The van der Waals surface area contributed by atoms with Crippen LogP contribution in [0.4, 0.5) is 0 Å². The number of hydrogen-bond acceptors (Lipinski definition) is 9. The summed E-state index contributed by atoms with van der Waals surface area (Å²) >= 11 is 1.54. The van der Waals surface area contributed by atoms with Crippen molar-refractivity contribution in [2.45, 2.75) is 99.6 Å². The van der Waals surface area contributed by atoms with E-state index in [2.05, 4.69) is 67.4 Å². The van der Waals surface area contributed by atoms with Crippen molar-refractivity contribution in [3.05, 3.63) is 74.8 Å². The Labute approximate surface area is 298 Å². The molecule has 2 aromatic rings. The molecule has 3 fully saturated rings. The number of esters is 1. The summed E-state index contributed by atoms with van der Waals surface area (Å²) in [5, 5.41) is 13.9. The lowest BCUT2D eigenvalue weighted by Crippen LogP contribution is -2.62. The van der Waals surface area contributed by atoms with Crippen molar-refractivity contribution in [1.82, 2.24) is 25.3 Å². The fourth-order valence-electron chi connectivity index (χ4n) is 10.4. The first-order valence-electron chi connectivity index (χ1n) is 17.8. The molecule has 266 valence electrons. The highest BCUT2D eigenvalue weighted by Gasteiger charge is 2.67. The monoisotopic (exact) mass is 699 g/mol. The van der Waals surface area contributed by atoms with Gasteiger partial charge in [0.15, 0.2) is 12.4 Å². The molecule has 11 heteroatoms. The molecule has 0 bridgehead atoms. The molecular weight excluding hydrogens is 651 g/mol. The number of allylic oxidation sites excluding steroid dienone is 7. The Morgan fingerprint density at radius 2 is 1.84 bits per heavy atom. The molecule has 50 heavy (non-hydrogen) atoms. The number of fused-ring (bicyclic) bond motifs is 7. The van der Waals surface area contributed by atoms with Gasteiger partial charge in [0.1, 0.15) is 10.7 Å². The molecule has 1 amide bonds. The maximum Gasteiger partial charge on any atom is 0.311 e. The van der Waals surface area contributed by atoms with Crippen LogP contribution < -0.4 is 5.32 Å². The zero-order chi connectivity index (χ0) is 35.7. The first kappa shape index (κ1) is 34.6. The standard InChI is InChI=1S/C39H49N5O5S/c1-24-26-8-9-29-37(4,13-15-39(6)30-19-36(3,34(47)48-7)11-10-35(30,2)12-14-38(29,39)5)27(26)18-28(45)33(24)49-23-31(46)41-20-25-21-44(43-42-25)22-32-40-16-17-50-32/h8-9,16-18,21,30H,10-15,19-20,22-23H2,1-7H3,(H,41,46)/t30-,35-,36-,37+,38-,39+/m1/s1. The second-order valence-electron chi connectivity index (χ2n) is 16.5. The summed E-state index contributed by atoms with van der Waals surface area (Å²) in [7, 11) is 1.51. The average molecular weight is 700 g/mol. The molecule has 0 radical (unpaired) electrons. The number of carbonyl (C=O) groups is 3. The number of thiazole rings is 1. The van der Waals surface area contributed by atoms with Crippen molar-refractivity contribution in [3.63, 3.8) is 0 Å². The van der Waals surface area contributed by atoms with Gasteiger partial charge in [-0.15, -0.1) is 16.4 Å². The van der Waals surface area contributed by atoms with Crippen LogP contribution >= 0.6 is 11.3 Å². The summed E-state index contributed by atoms with van der Waals surface area (Å²) in [5.74, 6) is -0.0337. The second kappa shape index (κ2) is 12.1. The topological polar surface area (TPSA) is 125 Å². The number of hydrogen-bond donors (Lipinski definition) is 1. The van der Waals surface area contributed by atoms with Gasteiger partial charge in [0.05, 0.1) is 31.8 Å². The van der Waals surface area contributed by atoms with Crippen molar-refractivity contribution in [2.75, 3.05) is 13.7 Å². The lowest BCUT2D eigenvalue weighted by atomic mass is 9.34. The zero-order valence-electron chi connectivity index (χ0n) is 30.4. The molecule has 10 nitrogen and oxygen atoms in total.